The van der Waals surface area contributed by atoms with Gasteiger partial charge in [-0.05, 0) is 0 Å². The Morgan fingerprint density at radius 2 is 1.45 bits per heavy atom. The van der Waals surface area contributed by atoms with Crippen LogP contribution < -0.4 is 5.73 Å². The normalized spacial score (nSPS) is 7.45. The van der Waals surface area contributed by atoms with Crippen LogP contribution in [0.25, 0.3) is 0 Å². The highest BCUT2D eigenvalue weighted by atomic mass is 32.2. The topological polar surface area (TPSA) is 175 Å². The van der Waals surface area contributed by atoms with Gasteiger partial charge in [0.25, 0.3) is 10.1 Å². The van der Waals surface area contributed by atoms with E-state index >= 15 is 0 Å². The minimum Gasteiger partial charge on any atom is -0.412 e. The molecule has 0 atom stereocenters. The van der Waals surface area contributed by atoms with E-state index in [1.807, 2.05) is 0 Å². The van der Waals surface area contributed by atoms with Crippen molar-refractivity contribution in [2.45, 2.75) is 0 Å². The number of hydrogen-bond acceptors (Lipinski definition) is 3. The van der Waals surface area contributed by atoms with Gasteiger partial charge in [0.1, 0.15) is 0 Å². The predicted octanol–water partition coefficient (Wildman–Crippen LogP) is -4.02. The van der Waals surface area contributed by atoms with Gasteiger partial charge in [0.05, 0.1) is 5.75 Å². The fraction of sp³-hybridized carbons (Fsp3) is 1.00. The van der Waals surface area contributed by atoms with Crippen LogP contribution >= 0.6 is 0 Å². The van der Waals surface area contributed by atoms with Crippen LogP contribution in [0.2, 0.25) is 0 Å². The summed E-state index contributed by atoms with van der Waals surface area (Å²) in [6.45, 7) is -0.0289. The fourth-order valence-electron chi connectivity index (χ4n) is 0.149. The average molecular weight is 190 g/mol. The number of nitrogens with two attached hydrogens (primary N) is 1. The van der Waals surface area contributed by atoms with Gasteiger partial charge in [-0.3, -0.25) is 4.55 Å². The zero-order valence-electron chi connectivity index (χ0n) is 5.74. The maximum Gasteiger partial charge on any atom is 0.266 e. The van der Waals surface area contributed by atoms with Crippen LogP contribution in [0.1, 0.15) is 0 Å². The Hall–Kier alpha value is -0.185. The van der Waals surface area contributed by atoms with Crippen LogP contribution in [0.4, 0.5) is 0 Å². The predicted molar refractivity (Wildman–Crippen MR) is 42.1 cm³/mol. The minimum absolute atomic E-state index is 0. The van der Waals surface area contributed by atoms with E-state index in [-0.39, 0.29) is 37.1 Å². The van der Waals surface area contributed by atoms with Gasteiger partial charge in [-0.2, -0.15) is 8.42 Å². The third-order valence-electron chi connectivity index (χ3n) is 0.376. The molecule has 0 amide bonds. The van der Waals surface area contributed by atoms with Crippen LogP contribution in [0.15, 0.2) is 0 Å². The maximum atomic E-state index is 9.71. The first-order valence-corrected chi connectivity index (χ1v) is 3.32. The molecule has 0 aliphatic carbocycles. The van der Waals surface area contributed by atoms with Crippen molar-refractivity contribution in [1.29, 1.82) is 0 Å². The second kappa shape index (κ2) is 12.5. The lowest BCUT2D eigenvalue weighted by Gasteiger charge is -1.86. The Balaban J connectivity index is -0.0000000300. The summed E-state index contributed by atoms with van der Waals surface area (Å²) in [4.78, 5) is 0. The van der Waals surface area contributed by atoms with Gasteiger partial charge >= 0.3 is 0 Å². The highest BCUT2D eigenvalue weighted by Crippen LogP contribution is 1.74. The lowest BCUT2D eigenvalue weighted by molar-refractivity contribution is 0.483. The van der Waals surface area contributed by atoms with Gasteiger partial charge in [-0.25, -0.2) is 0 Å². The molecule has 9 N–H and O–H groups in total. The molecule has 0 aliphatic heterocycles. The lowest BCUT2D eigenvalue weighted by Crippen LogP contribution is -2.13. The summed E-state index contributed by atoms with van der Waals surface area (Å²) in [5, 5.41) is 0. The van der Waals surface area contributed by atoms with E-state index in [0.29, 0.717) is 0 Å². The summed E-state index contributed by atoms with van der Waals surface area (Å²) in [5.74, 6) is -0.354. The average Bonchev–Trinajstić information content (AvgIpc) is 1.30. The summed E-state index contributed by atoms with van der Waals surface area (Å²) in [6, 6.07) is 0. The first-order chi connectivity index (χ1) is 3.06. The molecule has 0 aromatic heterocycles. The maximum absolute atomic E-state index is 9.71. The first kappa shape index (κ1) is 30.8. The van der Waals surface area contributed by atoms with Gasteiger partial charge in [0.15, 0.2) is 0 Å². The molecule has 0 aromatic carbocycles. The van der Waals surface area contributed by atoms with Crippen molar-refractivity contribution < 1.29 is 29.4 Å². The summed E-state index contributed by atoms with van der Waals surface area (Å²) in [5.41, 5.74) is 4.78. The van der Waals surface area contributed by atoms with Crippen molar-refractivity contribution in [3.63, 3.8) is 0 Å². The van der Waals surface area contributed by atoms with Gasteiger partial charge < -0.3 is 22.2 Å². The molecule has 11 heavy (non-hydrogen) atoms. The van der Waals surface area contributed by atoms with Crippen molar-refractivity contribution >= 4 is 18.5 Å². The van der Waals surface area contributed by atoms with E-state index in [9.17, 15) is 8.42 Å². The molecule has 0 unspecified atom stereocenters. The molecule has 0 bridgehead atoms. The van der Waals surface area contributed by atoms with Crippen LogP contribution in [-0.4, -0.2) is 50.1 Å². The Morgan fingerprint density at radius 1 is 1.18 bits per heavy atom. The second-order valence-electron chi connectivity index (χ2n) is 1.07. The standard InChI is InChI=1S/C2H7NO3S.B.3H2O/c3-1-2-7(4,5)6;;;;/h1-3H2,(H,4,5,6);;3*1H2. The molecular formula is C2H13BNO6S. The fourth-order valence-corrected chi connectivity index (χ4v) is 0.447. The van der Waals surface area contributed by atoms with Crippen molar-refractivity contribution in [3.05, 3.63) is 0 Å². The van der Waals surface area contributed by atoms with E-state index in [1.54, 1.807) is 0 Å². The van der Waals surface area contributed by atoms with Crippen LogP contribution in [0, 0.1) is 0 Å². The van der Waals surface area contributed by atoms with Crippen LogP contribution in [-0.2, 0) is 10.1 Å². The SMILES string of the molecule is NCCS(=O)(=O)O.O.O.O.[B]. The van der Waals surface area contributed by atoms with Crippen molar-refractivity contribution in [3.8, 4) is 0 Å². The molecule has 7 nitrogen and oxygen atoms in total. The Kier molecular flexibility index (Phi) is 35.0. The Bertz CT molecular complexity index is 134. The quantitative estimate of drug-likeness (QED) is 0.333. The van der Waals surface area contributed by atoms with Crippen molar-refractivity contribution in [2.24, 2.45) is 5.73 Å². The second-order valence-corrected chi connectivity index (χ2v) is 2.65. The number of hydrogen-bond donors (Lipinski definition) is 2. The largest absolute Gasteiger partial charge is 0.412 e. The molecule has 0 aromatic rings. The molecule has 0 spiro atoms. The Morgan fingerprint density at radius 3 is 1.45 bits per heavy atom. The molecule has 0 rings (SSSR count). The van der Waals surface area contributed by atoms with Crippen LogP contribution in [0.5, 0.6) is 0 Å². The molecule has 3 radical (unpaired) electrons. The van der Waals surface area contributed by atoms with E-state index in [0.717, 1.165) is 0 Å². The zero-order valence-corrected chi connectivity index (χ0v) is 6.56. The third-order valence-corrected chi connectivity index (χ3v) is 1.13. The zero-order chi connectivity index (χ0) is 5.91. The third kappa shape index (κ3) is 41.2. The highest BCUT2D eigenvalue weighted by Gasteiger charge is 1.98. The lowest BCUT2D eigenvalue weighted by atomic mass is 10.8. The molecule has 0 fully saturated rings. The first-order valence-electron chi connectivity index (χ1n) is 1.71. The molecule has 0 saturated carbocycles. The summed E-state index contributed by atoms with van der Waals surface area (Å²) >= 11 is 0. The summed E-state index contributed by atoms with van der Waals surface area (Å²) < 4.78 is 27.3. The van der Waals surface area contributed by atoms with E-state index in [1.165, 1.54) is 0 Å². The van der Waals surface area contributed by atoms with Crippen molar-refractivity contribution in [2.75, 3.05) is 12.3 Å². The van der Waals surface area contributed by atoms with Crippen LogP contribution in [0.3, 0.4) is 0 Å². The molecular weight excluding hydrogens is 177 g/mol. The van der Waals surface area contributed by atoms with Crippen molar-refractivity contribution in [1.82, 2.24) is 0 Å². The van der Waals surface area contributed by atoms with Gasteiger partial charge in [-0.1, -0.05) is 0 Å². The molecule has 9 heteroatoms. The number of rotatable bonds is 2. The summed E-state index contributed by atoms with van der Waals surface area (Å²) in [6.07, 6.45) is 0. The van der Waals surface area contributed by atoms with Gasteiger partial charge in [0, 0.05) is 15.0 Å². The van der Waals surface area contributed by atoms with E-state index in [2.05, 4.69) is 0 Å². The minimum atomic E-state index is -3.80. The smallest absolute Gasteiger partial charge is 0.266 e. The Labute approximate surface area is 66.8 Å². The van der Waals surface area contributed by atoms with E-state index in [4.69, 9.17) is 10.3 Å². The summed E-state index contributed by atoms with van der Waals surface area (Å²) in [7, 11) is -3.80. The highest BCUT2D eigenvalue weighted by molar-refractivity contribution is 7.85. The van der Waals surface area contributed by atoms with Gasteiger partial charge in [-0.15, -0.1) is 0 Å². The molecule has 0 heterocycles. The van der Waals surface area contributed by atoms with E-state index < -0.39 is 10.1 Å². The monoisotopic (exact) mass is 190 g/mol. The van der Waals surface area contributed by atoms with Gasteiger partial charge in [0.2, 0.25) is 0 Å². The molecule has 71 valence electrons. The molecule has 0 saturated heterocycles. The molecule has 0 aliphatic rings.